The first-order valence-corrected chi connectivity index (χ1v) is 6.19. The average Bonchev–Trinajstić information content (AvgIpc) is 2.56. The van der Waals surface area contributed by atoms with E-state index in [1.165, 1.54) is 0 Å². The quantitative estimate of drug-likeness (QED) is 0.702. The Kier molecular flexibility index (Phi) is 4.81. The zero-order chi connectivity index (χ0) is 13.0. The van der Waals surface area contributed by atoms with Gasteiger partial charge in [0.05, 0.1) is 11.4 Å². The van der Waals surface area contributed by atoms with Crippen molar-refractivity contribution >= 4 is 11.5 Å². The molecule has 0 aromatic carbocycles. The summed E-state index contributed by atoms with van der Waals surface area (Å²) in [6.45, 7) is 6.30. The van der Waals surface area contributed by atoms with Gasteiger partial charge >= 0.3 is 0 Å². The van der Waals surface area contributed by atoms with Gasteiger partial charge in [0.25, 0.3) is 0 Å². The molecule has 5 heteroatoms. The number of aliphatic hydroxyl groups is 1. The van der Waals surface area contributed by atoms with Crippen LogP contribution in [-0.2, 0) is 13.5 Å². The highest BCUT2D eigenvalue weighted by atomic mass is 16.3. The number of nitrogens with two attached hydrogens (primary N) is 1. The van der Waals surface area contributed by atoms with Crippen LogP contribution in [0, 0.1) is 5.92 Å². The molecule has 1 aromatic heterocycles. The summed E-state index contributed by atoms with van der Waals surface area (Å²) in [6.07, 6.45) is 1.93. The molecule has 1 rings (SSSR count). The second kappa shape index (κ2) is 5.91. The van der Waals surface area contributed by atoms with E-state index in [1.807, 2.05) is 20.9 Å². The minimum atomic E-state index is 0.159. The van der Waals surface area contributed by atoms with Crippen LogP contribution in [-0.4, -0.2) is 27.5 Å². The lowest BCUT2D eigenvalue weighted by atomic mass is 10.1. The molecule has 0 radical (unpaired) electrons. The maximum absolute atomic E-state index is 9.12. The van der Waals surface area contributed by atoms with Crippen LogP contribution in [0.25, 0.3) is 0 Å². The van der Waals surface area contributed by atoms with Crippen LogP contribution in [0.3, 0.4) is 0 Å². The number of nitrogen functional groups attached to an aromatic ring is 1. The Bertz CT molecular complexity index is 362. The van der Waals surface area contributed by atoms with Gasteiger partial charge in [-0.2, -0.15) is 5.10 Å². The molecule has 5 nitrogen and oxygen atoms in total. The van der Waals surface area contributed by atoms with Crippen molar-refractivity contribution in [3.05, 3.63) is 5.69 Å². The fourth-order valence-corrected chi connectivity index (χ4v) is 1.70. The zero-order valence-electron chi connectivity index (χ0n) is 11.2. The highest BCUT2D eigenvalue weighted by Crippen LogP contribution is 2.24. The lowest BCUT2D eigenvalue weighted by Crippen LogP contribution is -2.27. The molecule has 1 aromatic rings. The van der Waals surface area contributed by atoms with Crippen LogP contribution >= 0.6 is 0 Å². The third-order valence-electron chi connectivity index (χ3n) is 3.15. The minimum Gasteiger partial charge on any atom is -0.396 e. The van der Waals surface area contributed by atoms with E-state index in [0.717, 1.165) is 30.0 Å². The molecule has 0 spiro atoms. The van der Waals surface area contributed by atoms with Gasteiger partial charge in [-0.3, -0.25) is 4.68 Å². The number of aromatic nitrogens is 2. The first-order chi connectivity index (χ1) is 8.01. The summed E-state index contributed by atoms with van der Waals surface area (Å²) in [4.78, 5) is 0. The number of aryl methyl sites for hydroxylation is 2. The molecule has 0 amide bonds. The van der Waals surface area contributed by atoms with Gasteiger partial charge in [0.1, 0.15) is 5.82 Å². The number of rotatable bonds is 6. The van der Waals surface area contributed by atoms with Crippen molar-refractivity contribution in [2.24, 2.45) is 13.0 Å². The molecule has 2 atom stereocenters. The predicted molar refractivity (Wildman–Crippen MR) is 70.9 cm³/mol. The van der Waals surface area contributed by atoms with Crippen LogP contribution in [0.5, 0.6) is 0 Å². The van der Waals surface area contributed by atoms with E-state index in [-0.39, 0.29) is 18.6 Å². The second-order valence-corrected chi connectivity index (χ2v) is 4.68. The van der Waals surface area contributed by atoms with Crippen molar-refractivity contribution < 1.29 is 5.11 Å². The number of nitrogens with zero attached hydrogens (tertiary/aromatic N) is 2. The normalized spacial score (nSPS) is 14.6. The molecule has 17 heavy (non-hydrogen) atoms. The standard InChI is InChI=1S/C12H24N4O/c1-5-6-10-11(13)12(16(4)15-10)14-9(3)8(2)7-17/h8-9,14,17H,5-7,13H2,1-4H3. The smallest absolute Gasteiger partial charge is 0.147 e. The van der Waals surface area contributed by atoms with Gasteiger partial charge in [0, 0.05) is 19.7 Å². The maximum Gasteiger partial charge on any atom is 0.147 e. The van der Waals surface area contributed by atoms with Gasteiger partial charge < -0.3 is 16.2 Å². The van der Waals surface area contributed by atoms with E-state index in [1.54, 1.807) is 4.68 Å². The van der Waals surface area contributed by atoms with Gasteiger partial charge in [0.15, 0.2) is 0 Å². The Labute approximate surface area is 103 Å². The van der Waals surface area contributed by atoms with E-state index in [2.05, 4.69) is 17.3 Å². The molecule has 0 aliphatic rings. The molecule has 0 saturated carbocycles. The van der Waals surface area contributed by atoms with Gasteiger partial charge in [0.2, 0.25) is 0 Å². The highest BCUT2D eigenvalue weighted by molar-refractivity contribution is 5.65. The van der Waals surface area contributed by atoms with Crippen LogP contribution < -0.4 is 11.1 Å². The second-order valence-electron chi connectivity index (χ2n) is 4.68. The van der Waals surface area contributed by atoms with Crippen molar-refractivity contribution in [2.75, 3.05) is 17.7 Å². The van der Waals surface area contributed by atoms with Crippen molar-refractivity contribution in [3.8, 4) is 0 Å². The topological polar surface area (TPSA) is 76.1 Å². The number of hydrogen-bond acceptors (Lipinski definition) is 4. The fourth-order valence-electron chi connectivity index (χ4n) is 1.70. The highest BCUT2D eigenvalue weighted by Gasteiger charge is 2.17. The van der Waals surface area contributed by atoms with Crippen molar-refractivity contribution in [1.29, 1.82) is 0 Å². The SMILES string of the molecule is CCCc1nn(C)c(NC(C)C(C)CO)c1N. The number of aliphatic hydroxyl groups excluding tert-OH is 1. The van der Waals surface area contributed by atoms with E-state index in [0.29, 0.717) is 0 Å². The lowest BCUT2D eigenvalue weighted by molar-refractivity contribution is 0.226. The largest absolute Gasteiger partial charge is 0.396 e. The summed E-state index contributed by atoms with van der Waals surface area (Å²) in [7, 11) is 1.88. The van der Waals surface area contributed by atoms with Crippen LogP contribution in [0.4, 0.5) is 11.5 Å². The summed E-state index contributed by atoms with van der Waals surface area (Å²) in [5, 5.41) is 16.8. The fraction of sp³-hybridized carbons (Fsp3) is 0.750. The van der Waals surface area contributed by atoms with Crippen LogP contribution in [0.2, 0.25) is 0 Å². The van der Waals surface area contributed by atoms with Crippen molar-refractivity contribution in [3.63, 3.8) is 0 Å². The Morgan fingerprint density at radius 1 is 1.47 bits per heavy atom. The zero-order valence-corrected chi connectivity index (χ0v) is 11.2. The summed E-state index contributed by atoms with van der Waals surface area (Å²) in [5.41, 5.74) is 7.75. The molecule has 0 aliphatic carbocycles. The third-order valence-corrected chi connectivity index (χ3v) is 3.15. The summed E-state index contributed by atoms with van der Waals surface area (Å²) < 4.78 is 1.78. The van der Waals surface area contributed by atoms with Crippen LogP contribution in [0.1, 0.15) is 32.9 Å². The van der Waals surface area contributed by atoms with E-state index in [9.17, 15) is 0 Å². The average molecular weight is 240 g/mol. The Morgan fingerprint density at radius 3 is 2.65 bits per heavy atom. The maximum atomic E-state index is 9.12. The van der Waals surface area contributed by atoms with E-state index in [4.69, 9.17) is 10.8 Å². The van der Waals surface area contributed by atoms with Gasteiger partial charge in [-0.05, 0) is 19.3 Å². The number of hydrogen-bond donors (Lipinski definition) is 3. The summed E-state index contributed by atoms with van der Waals surface area (Å²) >= 11 is 0. The number of anilines is 2. The Hall–Kier alpha value is -1.23. The molecular formula is C12H24N4O. The molecule has 1 heterocycles. The Morgan fingerprint density at radius 2 is 2.12 bits per heavy atom. The van der Waals surface area contributed by atoms with Crippen molar-refractivity contribution in [2.45, 2.75) is 39.7 Å². The van der Waals surface area contributed by atoms with E-state index >= 15 is 0 Å². The molecular weight excluding hydrogens is 216 g/mol. The first-order valence-electron chi connectivity index (χ1n) is 6.19. The molecule has 0 bridgehead atoms. The summed E-state index contributed by atoms with van der Waals surface area (Å²) in [6, 6.07) is 0.159. The number of nitrogens with one attached hydrogen (secondary N) is 1. The molecule has 4 N–H and O–H groups in total. The first kappa shape index (κ1) is 13.8. The van der Waals surface area contributed by atoms with Crippen LogP contribution in [0.15, 0.2) is 0 Å². The van der Waals surface area contributed by atoms with Gasteiger partial charge in [-0.25, -0.2) is 0 Å². The van der Waals surface area contributed by atoms with Crippen molar-refractivity contribution in [1.82, 2.24) is 9.78 Å². The molecule has 2 unspecified atom stereocenters. The monoisotopic (exact) mass is 240 g/mol. The molecule has 0 fully saturated rings. The Balaban J connectivity index is 2.83. The van der Waals surface area contributed by atoms with E-state index < -0.39 is 0 Å². The summed E-state index contributed by atoms with van der Waals surface area (Å²) in [5.74, 6) is 1.03. The third kappa shape index (κ3) is 3.12. The lowest BCUT2D eigenvalue weighted by Gasteiger charge is -2.20. The molecule has 0 saturated heterocycles. The molecule has 98 valence electrons. The minimum absolute atomic E-state index is 0.159. The van der Waals surface area contributed by atoms with Gasteiger partial charge in [-0.1, -0.05) is 20.3 Å². The molecule has 0 aliphatic heterocycles. The van der Waals surface area contributed by atoms with Gasteiger partial charge in [-0.15, -0.1) is 0 Å². The predicted octanol–water partition coefficient (Wildman–Crippen LogP) is 1.38.